The normalized spacial score (nSPS) is 33.2. The van der Waals surface area contributed by atoms with Crippen LogP contribution in [0.2, 0.25) is 0 Å². The Morgan fingerprint density at radius 3 is 2.60 bits per heavy atom. The van der Waals surface area contributed by atoms with Gasteiger partial charge in [0.1, 0.15) is 12.6 Å². The third kappa shape index (κ3) is 1.42. The summed E-state index contributed by atoms with van der Waals surface area (Å²) in [6.45, 7) is 0.855. The Morgan fingerprint density at radius 2 is 2.10 bits per heavy atom. The molecule has 3 heteroatoms. The number of aldehydes is 2. The molecule has 1 saturated heterocycles. The van der Waals surface area contributed by atoms with Crippen LogP contribution in [0.25, 0.3) is 0 Å². The summed E-state index contributed by atoms with van der Waals surface area (Å²) >= 11 is 0. The van der Waals surface area contributed by atoms with E-state index in [2.05, 4.69) is 5.32 Å². The van der Waals surface area contributed by atoms with E-state index in [1.54, 1.807) is 0 Å². The van der Waals surface area contributed by atoms with Crippen molar-refractivity contribution < 1.29 is 9.59 Å². The highest BCUT2D eigenvalue weighted by Gasteiger charge is 2.22. The van der Waals surface area contributed by atoms with Gasteiger partial charge in [-0.25, -0.2) is 0 Å². The summed E-state index contributed by atoms with van der Waals surface area (Å²) in [7, 11) is 0. The van der Waals surface area contributed by atoms with Crippen LogP contribution >= 0.6 is 0 Å². The van der Waals surface area contributed by atoms with Crippen LogP contribution in [0.5, 0.6) is 0 Å². The Morgan fingerprint density at radius 1 is 1.30 bits per heavy atom. The lowest BCUT2D eigenvalue weighted by molar-refractivity contribution is -0.118. The molecule has 1 unspecified atom stereocenters. The average molecular weight is 141 g/mol. The molecule has 1 N–H and O–H groups in total. The third-order valence-corrected chi connectivity index (χ3v) is 1.88. The second-order valence-corrected chi connectivity index (χ2v) is 2.56. The third-order valence-electron chi connectivity index (χ3n) is 1.88. The molecule has 0 aromatic carbocycles. The summed E-state index contributed by atoms with van der Waals surface area (Å²) in [5, 5.41) is 2.97. The molecule has 0 amide bonds. The van der Waals surface area contributed by atoms with Crippen molar-refractivity contribution in [2.45, 2.75) is 18.9 Å². The number of carbonyl (C=O) groups excluding carboxylic acids is 2. The molecule has 3 nitrogen and oxygen atoms in total. The van der Waals surface area contributed by atoms with E-state index in [1.807, 2.05) is 0 Å². The van der Waals surface area contributed by atoms with Gasteiger partial charge < -0.3 is 14.9 Å². The molecule has 0 saturated carbocycles. The van der Waals surface area contributed by atoms with Gasteiger partial charge in [0, 0.05) is 5.92 Å². The second-order valence-electron chi connectivity index (χ2n) is 2.56. The number of piperidine rings is 1. The van der Waals surface area contributed by atoms with E-state index in [0.717, 1.165) is 32.0 Å². The lowest BCUT2D eigenvalue weighted by atomic mass is 9.93. The molecule has 1 aliphatic heterocycles. The molecule has 0 aromatic heterocycles. The van der Waals surface area contributed by atoms with Gasteiger partial charge in [-0.05, 0) is 19.4 Å². The molecule has 1 aliphatic rings. The molecule has 10 heavy (non-hydrogen) atoms. The lowest BCUT2D eigenvalue weighted by Gasteiger charge is -2.23. The maximum absolute atomic E-state index is 10.3. The first-order valence-electron chi connectivity index (χ1n) is 3.52. The van der Waals surface area contributed by atoms with Crippen molar-refractivity contribution in [3.63, 3.8) is 0 Å². The van der Waals surface area contributed by atoms with Crippen molar-refractivity contribution in [1.29, 1.82) is 0 Å². The molecule has 1 heterocycles. The largest absolute Gasteiger partial charge is 0.307 e. The van der Waals surface area contributed by atoms with Crippen molar-refractivity contribution in [3.8, 4) is 0 Å². The average Bonchev–Trinajstić information content (AvgIpc) is 2.04. The van der Waals surface area contributed by atoms with Crippen LogP contribution in [0, 0.1) is 5.92 Å². The minimum absolute atomic E-state index is 0.0914. The van der Waals surface area contributed by atoms with Gasteiger partial charge in [-0.2, -0.15) is 0 Å². The molecule has 1 fully saturated rings. The van der Waals surface area contributed by atoms with Gasteiger partial charge in [0.2, 0.25) is 0 Å². The monoisotopic (exact) mass is 141 g/mol. The zero-order chi connectivity index (χ0) is 7.40. The molecule has 0 aromatic rings. The van der Waals surface area contributed by atoms with Crippen molar-refractivity contribution in [3.05, 3.63) is 0 Å². The predicted octanol–water partition coefficient (Wildman–Crippen LogP) is -0.248. The number of nitrogens with one attached hydrogen (secondary N) is 1. The van der Waals surface area contributed by atoms with Gasteiger partial charge in [0.15, 0.2) is 0 Å². The molecule has 56 valence electrons. The van der Waals surface area contributed by atoms with Crippen molar-refractivity contribution in [2.24, 2.45) is 5.92 Å². The fraction of sp³-hybridized carbons (Fsp3) is 0.714. The molecule has 0 radical (unpaired) electrons. The van der Waals surface area contributed by atoms with Gasteiger partial charge in [0.25, 0.3) is 0 Å². The Kier molecular flexibility index (Phi) is 2.57. The van der Waals surface area contributed by atoms with Gasteiger partial charge in [0.05, 0.1) is 6.04 Å². The first-order valence-corrected chi connectivity index (χ1v) is 3.52. The van der Waals surface area contributed by atoms with Crippen LogP contribution in [-0.2, 0) is 9.59 Å². The number of carbonyl (C=O) groups is 2. The standard InChI is InChI=1S/C7H11NO2/c9-4-6-2-1-3-8-7(6)5-10/h4-8H,1-3H2/t6-,7?/m0/s1. The highest BCUT2D eigenvalue weighted by Crippen LogP contribution is 2.11. The van der Waals surface area contributed by atoms with E-state index in [4.69, 9.17) is 0 Å². The maximum atomic E-state index is 10.3. The summed E-state index contributed by atoms with van der Waals surface area (Å²) in [6, 6.07) is -0.230. The fourth-order valence-corrected chi connectivity index (χ4v) is 1.24. The summed E-state index contributed by atoms with van der Waals surface area (Å²) in [5.41, 5.74) is 0. The molecule has 0 aliphatic carbocycles. The van der Waals surface area contributed by atoms with Crippen LogP contribution in [0.1, 0.15) is 12.8 Å². The van der Waals surface area contributed by atoms with Crippen molar-refractivity contribution in [1.82, 2.24) is 5.32 Å². The SMILES string of the molecule is O=CC1NCCC[C@H]1C=O. The molecular formula is C7H11NO2. The van der Waals surface area contributed by atoms with Gasteiger partial charge >= 0.3 is 0 Å². The highest BCUT2D eigenvalue weighted by atomic mass is 16.1. The van der Waals surface area contributed by atoms with Crippen LogP contribution < -0.4 is 5.32 Å². The summed E-state index contributed by atoms with van der Waals surface area (Å²) in [4.78, 5) is 20.6. The molecule has 0 bridgehead atoms. The zero-order valence-electron chi connectivity index (χ0n) is 5.75. The second kappa shape index (κ2) is 3.46. The summed E-state index contributed by atoms with van der Waals surface area (Å²) < 4.78 is 0. The van der Waals surface area contributed by atoms with Gasteiger partial charge in [-0.3, -0.25) is 0 Å². The number of hydrogen-bond donors (Lipinski definition) is 1. The van der Waals surface area contributed by atoms with Crippen molar-refractivity contribution >= 4 is 12.6 Å². The van der Waals surface area contributed by atoms with Gasteiger partial charge in [-0.1, -0.05) is 0 Å². The quantitative estimate of drug-likeness (QED) is 0.539. The molecule has 2 atom stereocenters. The smallest absolute Gasteiger partial charge is 0.137 e. The molecular weight excluding hydrogens is 130 g/mol. The summed E-state index contributed by atoms with van der Waals surface area (Å²) in [6.07, 6.45) is 3.52. The Bertz CT molecular complexity index is 120. The van der Waals surface area contributed by atoms with Crippen molar-refractivity contribution in [2.75, 3.05) is 6.54 Å². The van der Waals surface area contributed by atoms with E-state index < -0.39 is 0 Å². The Balaban J connectivity index is 2.49. The maximum Gasteiger partial charge on any atom is 0.137 e. The Labute approximate surface area is 59.8 Å². The first kappa shape index (κ1) is 7.41. The Hall–Kier alpha value is -0.700. The van der Waals surface area contributed by atoms with E-state index in [1.165, 1.54) is 0 Å². The van der Waals surface area contributed by atoms with Crippen LogP contribution in [0.4, 0.5) is 0 Å². The predicted molar refractivity (Wildman–Crippen MR) is 36.6 cm³/mol. The molecule has 1 rings (SSSR count). The topological polar surface area (TPSA) is 46.2 Å². The van der Waals surface area contributed by atoms with Gasteiger partial charge in [-0.15, -0.1) is 0 Å². The zero-order valence-corrected chi connectivity index (χ0v) is 5.75. The van der Waals surface area contributed by atoms with Crippen LogP contribution in [0.15, 0.2) is 0 Å². The fourth-order valence-electron chi connectivity index (χ4n) is 1.24. The summed E-state index contributed by atoms with van der Waals surface area (Å²) in [5.74, 6) is -0.0914. The van der Waals surface area contributed by atoms with E-state index in [9.17, 15) is 9.59 Å². The minimum atomic E-state index is -0.230. The van der Waals surface area contributed by atoms with E-state index >= 15 is 0 Å². The highest BCUT2D eigenvalue weighted by molar-refractivity contribution is 5.68. The first-order chi connectivity index (χ1) is 4.88. The lowest BCUT2D eigenvalue weighted by Crippen LogP contribution is -2.42. The van der Waals surface area contributed by atoms with Crippen LogP contribution in [-0.4, -0.2) is 25.2 Å². The minimum Gasteiger partial charge on any atom is -0.307 e. The molecule has 0 spiro atoms. The number of hydrogen-bond acceptors (Lipinski definition) is 3. The van der Waals surface area contributed by atoms with Crippen LogP contribution in [0.3, 0.4) is 0 Å². The number of rotatable bonds is 2. The van der Waals surface area contributed by atoms with E-state index in [0.29, 0.717) is 0 Å². The van der Waals surface area contributed by atoms with E-state index in [-0.39, 0.29) is 12.0 Å².